The molecular formula is C16H20N2O4S2. The number of hydrogen-bond donors (Lipinski definition) is 0. The van der Waals surface area contributed by atoms with Gasteiger partial charge in [-0.3, -0.25) is 9.59 Å². The number of nitrogens with zero attached hydrogens (tertiary/aromatic N) is 2. The number of carbonyl (C=O) groups excluding carboxylic acids is 1. The lowest BCUT2D eigenvalue weighted by molar-refractivity contribution is -0.144. The first-order valence-electron chi connectivity index (χ1n) is 7.75. The van der Waals surface area contributed by atoms with E-state index in [4.69, 9.17) is 9.47 Å². The van der Waals surface area contributed by atoms with Crippen molar-refractivity contribution in [2.24, 2.45) is 0 Å². The van der Waals surface area contributed by atoms with Gasteiger partial charge in [0.25, 0.3) is 5.56 Å². The first kappa shape index (κ1) is 17.4. The van der Waals surface area contributed by atoms with E-state index in [-0.39, 0.29) is 24.3 Å². The predicted molar refractivity (Wildman–Crippen MR) is 94.9 cm³/mol. The molecule has 8 heteroatoms. The average molecular weight is 368 g/mol. The second-order valence-electron chi connectivity index (χ2n) is 6.21. The maximum Gasteiger partial charge on any atom is 0.327 e. The van der Waals surface area contributed by atoms with Gasteiger partial charge in [0.1, 0.15) is 11.6 Å². The number of esters is 1. The Morgan fingerprint density at radius 2 is 2.25 bits per heavy atom. The van der Waals surface area contributed by atoms with E-state index in [1.165, 1.54) is 21.3 Å². The van der Waals surface area contributed by atoms with Gasteiger partial charge in [-0.2, -0.15) is 5.10 Å². The highest BCUT2D eigenvalue weighted by Gasteiger charge is 2.31. The Morgan fingerprint density at radius 1 is 1.50 bits per heavy atom. The highest BCUT2D eigenvalue weighted by atomic mass is 32.2. The summed E-state index contributed by atoms with van der Waals surface area (Å²) in [6, 6.07) is 0. The molecule has 3 rings (SSSR count). The molecule has 0 radical (unpaired) electrons. The number of hydrogen-bond acceptors (Lipinski definition) is 7. The number of thioether (sulfide) groups is 1. The molecule has 2 aromatic heterocycles. The standard InChI is InChI=1S/C16H20N2O4S2/c1-5-21-11(19)7-18-15(20)12-9-8-22-16(2,3)6-10(9)24-13(12)14(17-18)23-4/h5-8H2,1-4H3. The molecule has 3 heterocycles. The van der Waals surface area contributed by atoms with E-state index in [1.54, 1.807) is 18.3 Å². The molecule has 0 unspecified atom stereocenters. The van der Waals surface area contributed by atoms with Gasteiger partial charge in [0.15, 0.2) is 0 Å². The first-order valence-corrected chi connectivity index (χ1v) is 9.79. The van der Waals surface area contributed by atoms with Crippen molar-refractivity contribution in [1.29, 1.82) is 0 Å². The fourth-order valence-electron chi connectivity index (χ4n) is 2.79. The molecule has 0 amide bonds. The minimum atomic E-state index is -0.458. The summed E-state index contributed by atoms with van der Waals surface area (Å²) < 4.78 is 12.9. The largest absolute Gasteiger partial charge is 0.465 e. The summed E-state index contributed by atoms with van der Waals surface area (Å²) in [5.74, 6) is -0.458. The number of thiophene rings is 1. The lowest BCUT2D eigenvalue weighted by atomic mass is 9.97. The number of aromatic nitrogens is 2. The van der Waals surface area contributed by atoms with Crippen LogP contribution in [0.3, 0.4) is 0 Å². The third-order valence-electron chi connectivity index (χ3n) is 3.92. The van der Waals surface area contributed by atoms with Crippen LogP contribution in [0.1, 0.15) is 31.2 Å². The van der Waals surface area contributed by atoms with Crippen LogP contribution in [-0.2, 0) is 33.8 Å². The molecule has 0 atom stereocenters. The van der Waals surface area contributed by atoms with Crippen molar-refractivity contribution in [2.75, 3.05) is 12.9 Å². The second kappa shape index (κ2) is 6.50. The van der Waals surface area contributed by atoms with E-state index in [9.17, 15) is 9.59 Å². The number of rotatable bonds is 4. The van der Waals surface area contributed by atoms with Gasteiger partial charge < -0.3 is 9.47 Å². The zero-order valence-electron chi connectivity index (χ0n) is 14.2. The quantitative estimate of drug-likeness (QED) is 0.610. The van der Waals surface area contributed by atoms with Crippen LogP contribution in [-0.4, -0.2) is 34.2 Å². The third kappa shape index (κ3) is 3.10. The summed E-state index contributed by atoms with van der Waals surface area (Å²) in [4.78, 5) is 25.8. The van der Waals surface area contributed by atoms with Gasteiger partial charge in [-0.1, -0.05) is 0 Å². The van der Waals surface area contributed by atoms with Crippen LogP contribution >= 0.6 is 23.1 Å². The van der Waals surface area contributed by atoms with E-state index in [2.05, 4.69) is 5.10 Å². The normalized spacial score (nSPS) is 16.2. The first-order chi connectivity index (χ1) is 11.4. The predicted octanol–water partition coefficient (Wildman–Crippen LogP) is 2.59. The van der Waals surface area contributed by atoms with Crippen LogP contribution in [0.15, 0.2) is 9.82 Å². The molecule has 0 saturated carbocycles. The Labute approximate surface area is 148 Å². The van der Waals surface area contributed by atoms with Crippen molar-refractivity contribution in [3.8, 4) is 0 Å². The molecule has 1 aliphatic rings. The Kier molecular flexibility index (Phi) is 4.72. The molecule has 24 heavy (non-hydrogen) atoms. The van der Waals surface area contributed by atoms with Crippen LogP contribution in [0.4, 0.5) is 0 Å². The molecule has 130 valence electrons. The van der Waals surface area contributed by atoms with Crippen LogP contribution in [0, 0.1) is 0 Å². The molecule has 6 nitrogen and oxygen atoms in total. The fourth-order valence-corrected chi connectivity index (χ4v) is 5.02. The Bertz CT molecular complexity index is 854. The molecular weight excluding hydrogens is 348 g/mol. The molecule has 0 aliphatic carbocycles. The van der Waals surface area contributed by atoms with Gasteiger partial charge >= 0.3 is 5.97 Å². The van der Waals surface area contributed by atoms with Crippen LogP contribution in [0.2, 0.25) is 0 Å². The van der Waals surface area contributed by atoms with E-state index in [1.807, 2.05) is 20.1 Å². The van der Waals surface area contributed by atoms with Gasteiger partial charge in [0.05, 0.1) is 28.9 Å². The molecule has 0 aromatic carbocycles. The lowest BCUT2D eigenvalue weighted by Crippen LogP contribution is -2.32. The zero-order valence-corrected chi connectivity index (χ0v) is 15.8. The van der Waals surface area contributed by atoms with Gasteiger partial charge in [0.2, 0.25) is 0 Å². The SMILES string of the molecule is CCOC(=O)Cn1nc(SC)c2sc3c(c2c1=O)COC(C)(C)C3. The average Bonchev–Trinajstić information content (AvgIpc) is 2.87. The summed E-state index contributed by atoms with van der Waals surface area (Å²) in [7, 11) is 0. The zero-order chi connectivity index (χ0) is 17.5. The fraction of sp³-hybridized carbons (Fsp3) is 0.562. The molecule has 2 aromatic rings. The Hall–Kier alpha value is -1.38. The van der Waals surface area contributed by atoms with Crippen molar-refractivity contribution in [2.45, 2.75) is 51.0 Å². The van der Waals surface area contributed by atoms with Crippen molar-refractivity contribution in [3.63, 3.8) is 0 Å². The summed E-state index contributed by atoms with van der Waals surface area (Å²) in [5.41, 5.74) is 0.455. The van der Waals surface area contributed by atoms with Crippen LogP contribution < -0.4 is 5.56 Å². The van der Waals surface area contributed by atoms with Crippen molar-refractivity contribution in [1.82, 2.24) is 9.78 Å². The highest BCUT2D eigenvalue weighted by molar-refractivity contribution is 7.98. The van der Waals surface area contributed by atoms with E-state index in [0.29, 0.717) is 12.0 Å². The number of ether oxygens (including phenoxy) is 2. The molecule has 0 spiro atoms. The van der Waals surface area contributed by atoms with Crippen LogP contribution in [0.5, 0.6) is 0 Å². The third-order valence-corrected chi connectivity index (χ3v) is 5.96. The van der Waals surface area contributed by atoms with E-state index in [0.717, 1.165) is 21.7 Å². The molecule has 0 N–H and O–H groups in total. The van der Waals surface area contributed by atoms with Gasteiger partial charge in [-0.05, 0) is 27.0 Å². The molecule has 0 fully saturated rings. The summed E-state index contributed by atoms with van der Waals surface area (Å²) in [5, 5.41) is 5.75. The van der Waals surface area contributed by atoms with Crippen molar-refractivity contribution in [3.05, 3.63) is 20.8 Å². The smallest absolute Gasteiger partial charge is 0.327 e. The number of fused-ring (bicyclic) bond motifs is 3. The summed E-state index contributed by atoms with van der Waals surface area (Å²) in [6.07, 6.45) is 2.69. The Morgan fingerprint density at radius 3 is 2.92 bits per heavy atom. The molecule has 0 saturated heterocycles. The maximum atomic E-state index is 12.9. The van der Waals surface area contributed by atoms with E-state index >= 15 is 0 Å². The Balaban J connectivity index is 2.16. The van der Waals surface area contributed by atoms with Crippen molar-refractivity contribution < 1.29 is 14.3 Å². The van der Waals surface area contributed by atoms with Crippen LogP contribution in [0.25, 0.3) is 10.1 Å². The number of carbonyl (C=O) groups is 1. The minimum Gasteiger partial charge on any atom is -0.465 e. The maximum absolute atomic E-state index is 12.9. The molecule has 0 bridgehead atoms. The minimum absolute atomic E-state index is 0.173. The second-order valence-corrected chi connectivity index (χ2v) is 8.11. The highest BCUT2D eigenvalue weighted by Crippen LogP contribution is 2.40. The monoisotopic (exact) mass is 368 g/mol. The van der Waals surface area contributed by atoms with Crippen molar-refractivity contribution >= 4 is 39.2 Å². The lowest BCUT2D eigenvalue weighted by Gasteiger charge is -2.29. The molecule has 1 aliphatic heterocycles. The summed E-state index contributed by atoms with van der Waals surface area (Å²) in [6.45, 7) is 6.35. The topological polar surface area (TPSA) is 70.4 Å². The van der Waals surface area contributed by atoms with E-state index < -0.39 is 5.97 Å². The van der Waals surface area contributed by atoms with Gasteiger partial charge in [-0.15, -0.1) is 23.1 Å². The summed E-state index contributed by atoms with van der Waals surface area (Å²) >= 11 is 3.08. The van der Waals surface area contributed by atoms with Gasteiger partial charge in [0, 0.05) is 16.9 Å². The van der Waals surface area contributed by atoms with Gasteiger partial charge in [-0.25, -0.2) is 4.68 Å².